The molecule has 0 atom stereocenters. The van der Waals surface area contributed by atoms with Gasteiger partial charge in [0.25, 0.3) is 0 Å². The summed E-state index contributed by atoms with van der Waals surface area (Å²) in [6.07, 6.45) is 2.92. The van der Waals surface area contributed by atoms with Crippen LogP contribution in [0.1, 0.15) is 24.0 Å². The van der Waals surface area contributed by atoms with E-state index < -0.39 is 11.6 Å². The van der Waals surface area contributed by atoms with E-state index in [1.54, 1.807) is 18.2 Å². The molecule has 0 aliphatic carbocycles. The highest BCUT2D eigenvalue weighted by atomic mass is 19.1. The van der Waals surface area contributed by atoms with Crippen LogP contribution >= 0.6 is 0 Å². The van der Waals surface area contributed by atoms with Gasteiger partial charge in [0.1, 0.15) is 17.6 Å². The Labute approximate surface area is 144 Å². The Kier molecular flexibility index (Phi) is 4.76. The van der Waals surface area contributed by atoms with E-state index in [9.17, 15) is 8.78 Å². The van der Waals surface area contributed by atoms with Gasteiger partial charge >= 0.3 is 0 Å². The average Bonchev–Trinajstić information content (AvgIpc) is 2.65. The quantitative estimate of drug-likeness (QED) is 0.929. The SMILES string of the molecule is N#Cc1ccc(N2CCC(Nc3c(F)cc(C#N)cc3F)CC2)nc1. The van der Waals surface area contributed by atoms with Crippen molar-refractivity contribution >= 4 is 11.5 Å². The normalized spacial score (nSPS) is 14.6. The molecule has 2 heterocycles. The molecule has 1 N–H and O–H groups in total. The Bertz CT molecular complexity index is 820. The molecule has 126 valence electrons. The van der Waals surface area contributed by atoms with Gasteiger partial charge in [-0.05, 0) is 37.1 Å². The van der Waals surface area contributed by atoms with Crippen molar-refractivity contribution in [3.05, 3.63) is 53.2 Å². The minimum absolute atomic E-state index is 0.0396. The highest BCUT2D eigenvalue weighted by Crippen LogP contribution is 2.25. The molecule has 0 unspecified atom stereocenters. The van der Waals surface area contributed by atoms with Crippen LogP contribution in [0, 0.1) is 34.3 Å². The third-order valence-electron chi connectivity index (χ3n) is 4.22. The second-order valence-electron chi connectivity index (χ2n) is 5.85. The van der Waals surface area contributed by atoms with E-state index in [0.29, 0.717) is 31.5 Å². The first kappa shape index (κ1) is 16.7. The maximum absolute atomic E-state index is 14.0. The Morgan fingerprint density at radius 2 is 1.68 bits per heavy atom. The fourth-order valence-corrected chi connectivity index (χ4v) is 2.87. The van der Waals surface area contributed by atoms with Gasteiger partial charge in [-0.3, -0.25) is 0 Å². The number of aromatic nitrogens is 1. The number of nitrogens with one attached hydrogen (secondary N) is 1. The van der Waals surface area contributed by atoms with E-state index in [4.69, 9.17) is 10.5 Å². The highest BCUT2D eigenvalue weighted by Gasteiger charge is 2.22. The number of piperidine rings is 1. The van der Waals surface area contributed by atoms with Crippen LogP contribution in [0.5, 0.6) is 0 Å². The number of hydrogen-bond donors (Lipinski definition) is 1. The number of nitriles is 2. The Balaban J connectivity index is 1.63. The number of nitrogens with zero attached hydrogens (tertiary/aromatic N) is 4. The van der Waals surface area contributed by atoms with Crippen molar-refractivity contribution in [2.75, 3.05) is 23.3 Å². The van der Waals surface area contributed by atoms with Crippen LogP contribution in [0.2, 0.25) is 0 Å². The van der Waals surface area contributed by atoms with Crippen molar-refractivity contribution in [2.24, 2.45) is 0 Å². The largest absolute Gasteiger partial charge is 0.377 e. The van der Waals surface area contributed by atoms with Crippen LogP contribution in [0.15, 0.2) is 30.5 Å². The first-order valence-electron chi connectivity index (χ1n) is 7.87. The average molecular weight is 339 g/mol. The van der Waals surface area contributed by atoms with Gasteiger partial charge in [-0.15, -0.1) is 0 Å². The summed E-state index contributed by atoms with van der Waals surface area (Å²) in [5.41, 5.74) is 0.281. The molecule has 1 aromatic heterocycles. The molecule has 0 amide bonds. The number of rotatable bonds is 3. The number of benzene rings is 1. The summed E-state index contributed by atoms with van der Waals surface area (Å²) in [6, 6.07) is 9.27. The van der Waals surface area contributed by atoms with Crippen LogP contribution in [-0.2, 0) is 0 Å². The fraction of sp³-hybridized carbons (Fsp3) is 0.278. The summed E-state index contributed by atoms with van der Waals surface area (Å²) in [5, 5.41) is 20.4. The molecule has 1 fully saturated rings. The molecule has 1 aliphatic heterocycles. The van der Waals surface area contributed by atoms with Gasteiger partial charge < -0.3 is 10.2 Å². The smallest absolute Gasteiger partial charge is 0.150 e. The maximum atomic E-state index is 14.0. The Hall–Kier alpha value is -3.19. The number of pyridine rings is 1. The second kappa shape index (κ2) is 7.14. The number of anilines is 2. The predicted octanol–water partition coefficient (Wildman–Crippen LogP) is 3.18. The van der Waals surface area contributed by atoms with Crippen LogP contribution in [-0.4, -0.2) is 24.1 Å². The lowest BCUT2D eigenvalue weighted by atomic mass is 10.0. The van der Waals surface area contributed by atoms with E-state index in [2.05, 4.69) is 15.2 Å². The molecule has 0 bridgehead atoms. The minimum atomic E-state index is -0.757. The zero-order valence-corrected chi connectivity index (χ0v) is 13.3. The molecule has 5 nitrogen and oxygen atoms in total. The van der Waals surface area contributed by atoms with E-state index in [0.717, 1.165) is 18.0 Å². The van der Waals surface area contributed by atoms with Crippen molar-refractivity contribution < 1.29 is 8.78 Å². The molecular formula is C18H15F2N5. The topological polar surface area (TPSA) is 75.7 Å². The van der Waals surface area contributed by atoms with Crippen molar-refractivity contribution in [1.82, 2.24) is 4.98 Å². The van der Waals surface area contributed by atoms with Crippen LogP contribution in [0.3, 0.4) is 0 Å². The van der Waals surface area contributed by atoms with Gasteiger partial charge in [0, 0.05) is 25.3 Å². The van der Waals surface area contributed by atoms with E-state index in [1.165, 1.54) is 6.20 Å². The van der Waals surface area contributed by atoms with E-state index >= 15 is 0 Å². The summed E-state index contributed by atoms with van der Waals surface area (Å²) in [5.74, 6) is -0.728. The zero-order chi connectivity index (χ0) is 17.8. The molecule has 1 aliphatic rings. The lowest BCUT2D eigenvalue weighted by Gasteiger charge is -2.33. The standard InChI is InChI=1S/C18H15F2N5/c19-15-7-13(10-22)8-16(20)18(15)24-14-3-5-25(6-4-14)17-2-1-12(9-21)11-23-17/h1-2,7-8,11,14,24H,3-6H2. The predicted molar refractivity (Wildman–Crippen MR) is 88.9 cm³/mol. The third kappa shape index (κ3) is 3.67. The van der Waals surface area contributed by atoms with Gasteiger partial charge in [0.2, 0.25) is 0 Å². The molecule has 25 heavy (non-hydrogen) atoms. The third-order valence-corrected chi connectivity index (χ3v) is 4.22. The summed E-state index contributed by atoms with van der Waals surface area (Å²) >= 11 is 0. The van der Waals surface area contributed by atoms with Crippen LogP contribution in [0.4, 0.5) is 20.3 Å². The molecule has 2 aromatic rings. The van der Waals surface area contributed by atoms with Gasteiger partial charge in [0.05, 0.1) is 17.2 Å². The van der Waals surface area contributed by atoms with Crippen molar-refractivity contribution in [3.8, 4) is 12.1 Å². The Morgan fingerprint density at radius 1 is 1.04 bits per heavy atom. The monoisotopic (exact) mass is 339 g/mol. The first-order valence-corrected chi connectivity index (χ1v) is 7.87. The van der Waals surface area contributed by atoms with Gasteiger partial charge in [0.15, 0.2) is 11.6 Å². The molecule has 0 spiro atoms. The van der Waals surface area contributed by atoms with Crippen molar-refractivity contribution in [3.63, 3.8) is 0 Å². The lowest BCUT2D eigenvalue weighted by Crippen LogP contribution is -2.39. The fourth-order valence-electron chi connectivity index (χ4n) is 2.87. The molecule has 1 aromatic carbocycles. The van der Waals surface area contributed by atoms with Crippen LogP contribution < -0.4 is 10.2 Å². The number of hydrogen-bond acceptors (Lipinski definition) is 5. The molecular weight excluding hydrogens is 324 g/mol. The van der Waals surface area contributed by atoms with Crippen molar-refractivity contribution in [2.45, 2.75) is 18.9 Å². The van der Waals surface area contributed by atoms with Crippen molar-refractivity contribution in [1.29, 1.82) is 10.5 Å². The molecule has 1 saturated heterocycles. The second-order valence-corrected chi connectivity index (χ2v) is 5.85. The molecule has 7 heteroatoms. The lowest BCUT2D eigenvalue weighted by molar-refractivity contribution is 0.512. The molecule has 0 saturated carbocycles. The van der Waals surface area contributed by atoms with E-state index in [-0.39, 0.29) is 17.3 Å². The Morgan fingerprint density at radius 3 is 2.20 bits per heavy atom. The minimum Gasteiger partial charge on any atom is -0.377 e. The van der Waals surface area contributed by atoms with Gasteiger partial charge in [-0.2, -0.15) is 10.5 Å². The molecule has 0 radical (unpaired) electrons. The summed E-state index contributed by atoms with van der Waals surface area (Å²) < 4.78 is 27.9. The summed E-state index contributed by atoms with van der Waals surface area (Å²) in [7, 11) is 0. The van der Waals surface area contributed by atoms with Gasteiger partial charge in [-0.25, -0.2) is 13.8 Å². The highest BCUT2D eigenvalue weighted by molar-refractivity contribution is 5.51. The molecule has 3 rings (SSSR count). The maximum Gasteiger partial charge on any atom is 0.150 e. The summed E-state index contributed by atoms with van der Waals surface area (Å²) in [4.78, 5) is 6.34. The van der Waals surface area contributed by atoms with Gasteiger partial charge in [-0.1, -0.05) is 0 Å². The van der Waals surface area contributed by atoms with E-state index in [1.807, 2.05) is 6.07 Å². The number of halogens is 2. The first-order chi connectivity index (χ1) is 12.1. The summed E-state index contributed by atoms with van der Waals surface area (Å²) in [6.45, 7) is 1.38. The zero-order valence-electron chi connectivity index (χ0n) is 13.3. The van der Waals surface area contributed by atoms with Crippen LogP contribution in [0.25, 0.3) is 0 Å².